The fraction of sp³-hybridized carbons (Fsp3) is 0.0909. The third-order valence-electron chi connectivity index (χ3n) is 1.95. The van der Waals surface area contributed by atoms with Gasteiger partial charge in [0.2, 0.25) is 5.88 Å². The summed E-state index contributed by atoms with van der Waals surface area (Å²) in [6, 6.07) is 11.2. The summed E-state index contributed by atoms with van der Waals surface area (Å²) in [5, 5.41) is 12.7. The zero-order valence-electron chi connectivity index (χ0n) is 8.21. The molecule has 2 rings (SSSR count). The monoisotopic (exact) mass is 199 g/mol. The van der Waals surface area contributed by atoms with E-state index in [1.165, 1.54) is 0 Å². The number of aryl methyl sites for hydroxylation is 1. The van der Waals surface area contributed by atoms with Crippen molar-refractivity contribution in [3.05, 3.63) is 42.1 Å². The lowest BCUT2D eigenvalue weighted by Gasteiger charge is -2.02. The smallest absolute Gasteiger partial charge is 0.293 e. The number of aromatic nitrogens is 2. The van der Waals surface area contributed by atoms with Gasteiger partial charge in [-0.05, 0) is 19.1 Å². The van der Waals surface area contributed by atoms with Gasteiger partial charge < -0.3 is 4.74 Å². The molecule has 74 valence electrons. The van der Waals surface area contributed by atoms with Crippen LogP contribution in [0.3, 0.4) is 0 Å². The van der Waals surface area contributed by atoms with E-state index in [4.69, 9.17) is 10.00 Å². The standard InChI is InChI=1S/C11H9N3O/c1-9-7-11(15-8-12)14(13-9)10-5-3-2-4-6-10/h2-7H,1H3. The number of hydrogen-bond acceptors (Lipinski definition) is 3. The Bertz CT molecular complexity index is 496. The molecule has 0 spiro atoms. The van der Waals surface area contributed by atoms with Crippen LogP contribution in [0.2, 0.25) is 0 Å². The van der Waals surface area contributed by atoms with E-state index in [2.05, 4.69) is 5.10 Å². The van der Waals surface area contributed by atoms with Gasteiger partial charge in [-0.2, -0.15) is 9.78 Å². The van der Waals surface area contributed by atoms with Crippen molar-refractivity contribution in [2.75, 3.05) is 0 Å². The number of hydrogen-bond donors (Lipinski definition) is 0. The second kappa shape index (κ2) is 3.84. The molecule has 0 unspecified atom stereocenters. The summed E-state index contributed by atoms with van der Waals surface area (Å²) in [5.74, 6) is 0.432. The summed E-state index contributed by atoms with van der Waals surface area (Å²) in [4.78, 5) is 0. The van der Waals surface area contributed by atoms with Crippen LogP contribution in [0.15, 0.2) is 36.4 Å². The lowest BCUT2D eigenvalue weighted by Crippen LogP contribution is -1.99. The molecule has 1 aromatic heterocycles. The van der Waals surface area contributed by atoms with Gasteiger partial charge in [-0.3, -0.25) is 0 Å². The van der Waals surface area contributed by atoms with Gasteiger partial charge in [0, 0.05) is 6.07 Å². The second-order valence-electron chi connectivity index (χ2n) is 3.06. The van der Waals surface area contributed by atoms with E-state index in [-0.39, 0.29) is 0 Å². The molecule has 1 aromatic carbocycles. The summed E-state index contributed by atoms with van der Waals surface area (Å²) in [6.07, 6.45) is 1.65. The van der Waals surface area contributed by atoms with Gasteiger partial charge in [0.25, 0.3) is 6.26 Å². The summed E-state index contributed by atoms with van der Waals surface area (Å²) in [5.41, 5.74) is 1.68. The van der Waals surface area contributed by atoms with E-state index >= 15 is 0 Å². The summed E-state index contributed by atoms with van der Waals surface area (Å²) >= 11 is 0. The first-order valence-corrected chi connectivity index (χ1v) is 4.49. The molecule has 0 aliphatic carbocycles. The number of rotatable bonds is 2. The van der Waals surface area contributed by atoms with Crippen molar-refractivity contribution in [2.45, 2.75) is 6.92 Å². The minimum atomic E-state index is 0.432. The quantitative estimate of drug-likeness (QED) is 0.695. The predicted octanol–water partition coefficient (Wildman–Crippen LogP) is 2.04. The first-order chi connectivity index (χ1) is 7.31. The Kier molecular flexibility index (Phi) is 2.38. The molecular formula is C11H9N3O. The van der Waals surface area contributed by atoms with Crippen LogP contribution in [0.25, 0.3) is 5.69 Å². The van der Waals surface area contributed by atoms with E-state index in [0.717, 1.165) is 11.4 Å². The van der Waals surface area contributed by atoms with Crippen LogP contribution in [0.5, 0.6) is 5.88 Å². The molecule has 4 nitrogen and oxygen atoms in total. The van der Waals surface area contributed by atoms with Crippen LogP contribution >= 0.6 is 0 Å². The summed E-state index contributed by atoms with van der Waals surface area (Å²) in [6.45, 7) is 1.85. The number of benzene rings is 1. The van der Waals surface area contributed by atoms with Gasteiger partial charge in [0.1, 0.15) is 0 Å². The SMILES string of the molecule is Cc1cc(OC#N)n(-c2ccccc2)n1. The van der Waals surface area contributed by atoms with Gasteiger partial charge in [0.15, 0.2) is 0 Å². The Labute approximate surface area is 87.3 Å². The van der Waals surface area contributed by atoms with E-state index in [1.54, 1.807) is 17.0 Å². The number of nitrogens with zero attached hydrogens (tertiary/aromatic N) is 3. The van der Waals surface area contributed by atoms with Gasteiger partial charge in [-0.15, -0.1) is 5.26 Å². The fourth-order valence-corrected chi connectivity index (χ4v) is 1.35. The second-order valence-corrected chi connectivity index (χ2v) is 3.06. The van der Waals surface area contributed by atoms with Crippen molar-refractivity contribution in [1.82, 2.24) is 9.78 Å². The summed E-state index contributed by atoms with van der Waals surface area (Å²) in [7, 11) is 0. The van der Waals surface area contributed by atoms with Crippen molar-refractivity contribution in [3.63, 3.8) is 0 Å². The minimum Gasteiger partial charge on any atom is -0.367 e. The molecule has 2 aromatic rings. The molecule has 0 fully saturated rings. The molecule has 1 heterocycles. The highest BCUT2D eigenvalue weighted by atomic mass is 16.5. The average molecular weight is 199 g/mol. The number of nitriles is 1. The van der Waals surface area contributed by atoms with Crippen LogP contribution in [0.1, 0.15) is 5.69 Å². The highest BCUT2D eigenvalue weighted by Gasteiger charge is 2.07. The van der Waals surface area contributed by atoms with Crippen LogP contribution < -0.4 is 4.74 Å². The van der Waals surface area contributed by atoms with Crippen molar-refractivity contribution in [2.24, 2.45) is 0 Å². The highest BCUT2D eigenvalue weighted by molar-refractivity contribution is 5.35. The molecule has 4 heteroatoms. The van der Waals surface area contributed by atoms with E-state index < -0.39 is 0 Å². The number of ether oxygens (including phenoxy) is 1. The maximum Gasteiger partial charge on any atom is 0.293 e. The maximum absolute atomic E-state index is 8.49. The van der Waals surface area contributed by atoms with Crippen LogP contribution in [-0.4, -0.2) is 9.78 Å². The first-order valence-electron chi connectivity index (χ1n) is 4.49. The predicted molar refractivity (Wildman–Crippen MR) is 54.5 cm³/mol. The Morgan fingerprint density at radius 3 is 2.73 bits per heavy atom. The molecule has 15 heavy (non-hydrogen) atoms. The Balaban J connectivity index is 2.49. The van der Waals surface area contributed by atoms with Crippen molar-refractivity contribution >= 4 is 0 Å². The molecule has 0 amide bonds. The van der Waals surface area contributed by atoms with Gasteiger partial charge in [0.05, 0.1) is 11.4 Å². The molecule has 0 N–H and O–H groups in total. The molecule has 0 saturated carbocycles. The van der Waals surface area contributed by atoms with Crippen LogP contribution in [-0.2, 0) is 0 Å². The van der Waals surface area contributed by atoms with Gasteiger partial charge in [-0.1, -0.05) is 18.2 Å². The van der Waals surface area contributed by atoms with Gasteiger partial charge >= 0.3 is 0 Å². The third-order valence-corrected chi connectivity index (χ3v) is 1.95. The van der Waals surface area contributed by atoms with E-state index in [9.17, 15) is 0 Å². The van der Waals surface area contributed by atoms with Crippen molar-refractivity contribution in [3.8, 4) is 17.8 Å². The van der Waals surface area contributed by atoms with Crippen LogP contribution in [0.4, 0.5) is 0 Å². The Morgan fingerprint density at radius 2 is 2.07 bits per heavy atom. The van der Waals surface area contributed by atoms with Crippen molar-refractivity contribution < 1.29 is 4.74 Å². The van der Waals surface area contributed by atoms with E-state index in [0.29, 0.717) is 5.88 Å². The molecular weight excluding hydrogens is 190 g/mol. The molecule has 0 radical (unpaired) electrons. The zero-order chi connectivity index (χ0) is 10.7. The molecule has 0 saturated heterocycles. The molecule has 0 atom stereocenters. The number of para-hydroxylation sites is 1. The lowest BCUT2D eigenvalue weighted by atomic mass is 10.3. The minimum absolute atomic E-state index is 0.432. The highest BCUT2D eigenvalue weighted by Crippen LogP contribution is 2.18. The van der Waals surface area contributed by atoms with Crippen molar-refractivity contribution in [1.29, 1.82) is 5.26 Å². The maximum atomic E-state index is 8.49. The lowest BCUT2D eigenvalue weighted by molar-refractivity contribution is 0.465. The Hall–Kier alpha value is -2.28. The first kappa shape index (κ1) is 9.28. The van der Waals surface area contributed by atoms with E-state index in [1.807, 2.05) is 37.3 Å². The normalized spacial score (nSPS) is 9.60. The fourth-order valence-electron chi connectivity index (χ4n) is 1.35. The molecule has 0 bridgehead atoms. The zero-order valence-corrected chi connectivity index (χ0v) is 8.21. The average Bonchev–Trinajstić information content (AvgIpc) is 2.62. The largest absolute Gasteiger partial charge is 0.367 e. The summed E-state index contributed by atoms with van der Waals surface area (Å²) < 4.78 is 6.41. The Morgan fingerprint density at radius 1 is 1.33 bits per heavy atom. The van der Waals surface area contributed by atoms with Gasteiger partial charge in [-0.25, -0.2) is 0 Å². The molecule has 0 aliphatic heterocycles. The van der Waals surface area contributed by atoms with Crippen LogP contribution in [0, 0.1) is 18.4 Å². The third kappa shape index (κ3) is 1.81. The topological polar surface area (TPSA) is 50.8 Å². The molecule has 0 aliphatic rings.